The van der Waals surface area contributed by atoms with Gasteiger partial charge in [0.25, 0.3) is 5.56 Å². The molecule has 0 aliphatic heterocycles. The zero-order chi connectivity index (χ0) is 20.1. The molecule has 29 heavy (non-hydrogen) atoms. The summed E-state index contributed by atoms with van der Waals surface area (Å²) < 4.78 is 1.86. The van der Waals surface area contributed by atoms with Crippen LogP contribution in [0.1, 0.15) is 23.4 Å². The number of fused-ring (bicyclic) bond motifs is 1. The molecule has 2 aromatic carbocycles. The molecule has 4 rings (SSSR count). The Labute approximate surface area is 167 Å². The number of carbonyl (C=O) groups is 1. The average Bonchev–Trinajstić information content (AvgIpc) is 3.25. The van der Waals surface area contributed by atoms with Crippen LogP contribution in [0, 0.1) is 0 Å². The topological polar surface area (TPSA) is 92.7 Å². The molecule has 4 aromatic rings. The van der Waals surface area contributed by atoms with Crippen LogP contribution in [-0.4, -0.2) is 25.7 Å². The Bertz CT molecular complexity index is 1160. The highest BCUT2D eigenvalue weighted by Gasteiger charge is 2.07. The highest BCUT2D eigenvalue weighted by Crippen LogP contribution is 2.08. The van der Waals surface area contributed by atoms with Crippen LogP contribution >= 0.6 is 0 Å². The molecule has 0 fully saturated rings. The van der Waals surface area contributed by atoms with Crippen LogP contribution in [0.4, 0.5) is 0 Å². The van der Waals surface area contributed by atoms with E-state index in [1.165, 1.54) is 0 Å². The van der Waals surface area contributed by atoms with Crippen molar-refractivity contribution >= 4 is 16.8 Å². The van der Waals surface area contributed by atoms with Crippen molar-refractivity contribution in [3.05, 3.63) is 94.3 Å². The Kier molecular flexibility index (Phi) is 5.47. The molecule has 2 N–H and O–H groups in total. The fourth-order valence-corrected chi connectivity index (χ4v) is 3.12. The average molecular weight is 387 g/mol. The molecule has 0 aliphatic carbocycles. The molecule has 0 bridgehead atoms. The first-order valence-electron chi connectivity index (χ1n) is 9.47. The highest BCUT2D eigenvalue weighted by molar-refractivity contribution is 5.78. The summed E-state index contributed by atoms with van der Waals surface area (Å²) in [6, 6.07) is 17.1. The second kappa shape index (κ2) is 8.52. The summed E-state index contributed by atoms with van der Waals surface area (Å²) in [5, 5.41) is 7.66. The molecule has 7 nitrogen and oxygen atoms in total. The van der Waals surface area contributed by atoms with E-state index >= 15 is 0 Å². The van der Waals surface area contributed by atoms with Crippen molar-refractivity contribution in [3.63, 3.8) is 0 Å². The molecule has 1 amide bonds. The number of carbonyl (C=O) groups excluding carboxylic acids is 1. The van der Waals surface area contributed by atoms with Crippen molar-refractivity contribution in [2.45, 2.75) is 25.9 Å². The van der Waals surface area contributed by atoms with Crippen molar-refractivity contribution in [1.29, 1.82) is 0 Å². The number of nitrogens with zero attached hydrogens (tertiary/aromatic N) is 3. The summed E-state index contributed by atoms with van der Waals surface area (Å²) in [6.45, 7) is 1.18. The molecule has 2 heterocycles. The minimum atomic E-state index is -0.179. The van der Waals surface area contributed by atoms with E-state index in [0.29, 0.717) is 29.7 Å². The highest BCUT2D eigenvalue weighted by atomic mass is 16.1. The molecule has 0 aliphatic rings. The van der Waals surface area contributed by atoms with Gasteiger partial charge in [-0.2, -0.15) is 5.10 Å². The maximum atomic E-state index is 12.2. The minimum absolute atomic E-state index is 0.0820. The first-order chi connectivity index (χ1) is 14.2. The molecule has 0 atom stereocenters. The van der Waals surface area contributed by atoms with Crippen LogP contribution < -0.4 is 10.9 Å². The second-order valence-corrected chi connectivity index (χ2v) is 6.83. The van der Waals surface area contributed by atoms with Crippen LogP contribution in [-0.2, 0) is 24.3 Å². The maximum absolute atomic E-state index is 12.2. The normalized spacial score (nSPS) is 10.9. The summed E-state index contributed by atoms with van der Waals surface area (Å²) in [5.41, 5.74) is 2.64. The molecule has 0 radical (unpaired) electrons. The number of hydrogen-bond donors (Lipinski definition) is 2. The van der Waals surface area contributed by atoms with E-state index in [0.717, 1.165) is 17.7 Å². The number of amides is 1. The number of nitrogens with one attached hydrogen (secondary N) is 2. The number of benzene rings is 2. The third-order valence-electron chi connectivity index (χ3n) is 4.67. The molecule has 146 valence electrons. The van der Waals surface area contributed by atoms with Crippen molar-refractivity contribution < 1.29 is 4.79 Å². The summed E-state index contributed by atoms with van der Waals surface area (Å²) in [5.74, 6) is 0.438. The Morgan fingerprint density at radius 3 is 2.62 bits per heavy atom. The van der Waals surface area contributed by atoms with Gasteiger partial charge in [0.15, 0.2) is 0 Å². The third-order valence-corrected chi connectivity index (χ3v) is 4.67. The van der Waals surface area contributed by atoms with Crippen molar-refractivity contribution in [1.82, 2.24) is 25.1 Å². The van der Waals surface area contributed by atoms with Crippen molar-refractivity contribution in [2.75, 3.05) is 0 Å². The number of aromatic nitrogens is 4. The molecule has 0 unspecified atom stereocenters. The lowest BCUT2D eigenvalue weighted by atomic mass is 10.1. The Hall–Kier alpha value is -3.74. The quantitative estimate of drug-likeness (QED) is 0.509. The van der Waals surface area contributed by atoms with Gasteiger partial charge in [-0.05, 0) is 29.3 Å². The molecule has 0 saturated heterocycles. The SMILES string of the molecule is O=C(CCc1nc2ccccc2c(=O)[nH]1)NCc1ccc(Cn2cccn2)cc1. The van der Waals surface area contributed by atoms with Gasteiger partial charge in [0, 0.05) is 31.8 Å². The third kappa shape index (κ3) is 4.76. The van der Waals surface area contributed by atoms with E-state index in [1.807, 2.05) is 47.3 Å². The van der Waals surface area contributed by atoms with Gasteiger partial charge in [-0.3, -0.25) is 14.3 Å². The van der Waals surface area contributed by atoms with Gasteiger partial charge in [-0.1, -0.05) is 36.4 Å². The summed E-state index contributed by atoms with van der Waals surface area (Å²) in [4.78, 5) is 31.4. The molecule has 7 heteroatoms. The van der Waals surface area contributed by atoms with Crippen molar-refractivity contribution in [3.8, 4) is 0 Å². The van der Waals surface area contributed by atoms with E-state index in [1.54, 1.807) is 24.4 Å². The molecule has 0 saturated carbocycles. The summed E-state index contributed by atoms with van der Waals surface area (Å²) in [7, 11) is 0. The van der Waals surface area contributed by atoms with Gasteiger partial charge in [0.1, 0.15) is 5.82 Å². The monoisotopic (exact) mass is 387 g/mol. The Balaban J connectivity index is 1.28. The molecule has 0 spiro atoms. The van der Waals surface area contributed by atoms with Gasteiger partial charge >= 0.3 is 0 Å². The zero-order valence-corrected chi connectivity index (χ0v) is 15.8. The predicted octanol–water partition coefficient (Wildman–Crippen LogP) is 2.42. The zero-order valence-electron chi connectivity index (χ0n) is 15.8. The lowest BCUT2D eigenvalue weighted by Crippen LogP contribution is -2.23. The number of hydrogen-bond acceptors (Lipinski definition) is 4. The number of para-hydroxylation sites is 1. The van der Waals surface area contributed by atoms with Gasteiger partial charge < -0.3 is 10.3 Å². The van der Waals surface area contributed by atoms with Crippen LogP contribution in [0.25, 0.3) is 10.9 Å². The fraction of sp³-hybridized carbons (Fsp3) is 0.182. The number of aromatic amines is 1. The van der Waals surface area contributed by atoms with Gasteiger partial charge in [0.05, 0.1) is 17.4 Å². The maximum Gasteiger partial charge on any atom is 0.258 e. The lowest BCUT2D eigenvalue weighted by Gasteiger charge is -2.07. The van der Waals surface area contributed by atoms with E-state index in [4.69, 9.17) is 0 Å². The van der Waals surface area contributed by atoms with Crippen molar-refractivity contribution in [2.24, 2.45) is 0 Å². The molecule has 2 aromatic heterocycles. The standard InChI is InChI=1S/C22H21N5O2/c28-21(11-10-20-25-19-5-2-1-4-18(19)22(29)26-20)23-14-16-6-8-17(9-7-16)15-27-13-3-12-24-27/h1-9,12-13H,10-11,14-15H2,(H,23,28)(H,25,26,29). The smallest absolute Gasteiger partial charge is 0.258 e. The van der Waals surface area contributed by atoms with E-state index in [2.05, 4.69) is 20.4 Å². The summed E-state index contributed by atoms with van der Waals surface area (Å²) in [6.07, 6.45) is 4.33. The minimum Gasteiger partial charge on any atom is -0.352 e. The van der Waals surface area contributed by atoms with Crippen LogP contribution in [0.15, 0.2) is 71.8 Å². The van der Waals surface area contributed by atoms with Gasteiger partial charge in [-0.25, -0.2) is 4.98 Å². The van der Waals surface area contributed by atoms with Gasteiger partial charge in [-0.15, -0.1) is 0 Å². The number of rotatable bonds is 7. The van der Waals surface area contributed by atoms with Crippen LogP contribution in [0.5, 0.6) is 0 Å². The lowest BCUT2D eigenvalue weighted by molar-refractivity contribution is -0.121. The Morgan fingerprint density at radius 1 is 1.03 bits per heavy atom. The summed E-state index contributed by atoms with van der Waals surface area (Å²) >= 11 is 0. The van der Waals surface area contributed by atoms with E-state index in [-0.39, 0.29) is 17.9 Å². The first-order valence-corrected chi connectivity index (χ1v) is 9.47. The van der Waals surface area contributed by atoms with Crippen LogP contribution in [0.3, 0.4) is 0 Å². The van der Waals surface area contributed by atoms with E-state index in [9.17, 15) is 9.59 Å². The van der Waals surface area contributed by atoms with Gasteiger partial charge in [0.2, 0.25) is 5.91 Å². The molecular weight excluding hydrogens is 366 g/mol. The van der Waals surface area contributed by atoms with Crippen LogP contribution in [0.2, 0.25) is 0 Å². The predicted molar refractivity (Wildman–Crippen MR) is 110 cm³/mol. The Morgan fingerprint density at radius 2 is 1.83 bits per heavy atom. The number of aryl methyl sites for hydroxylation is 1. The number of H-pyrrole nitrogens is 1. The largest absolute Gasteiger partial charge is 0.352 e. The first kappa shape index (κ1) is 18.6. The second-order valence-electron chi connectivity index (χ2n) is 6.83. The fourth-order valence-electron chi connectivity index (χ4n) is 3.12. The molecular formula is C22H21N5O2. The van der Waals surface area contributed by atoms with E-state index < -0.39 is 0 Å².